The van der Waals surface area contributed by atoms with Gasteiger partial charge in [-0.15, -0.1) is 0 Å². The summed E-state index contributed by atoms with van der Waals surface area (Å²) in [6, 6.07) is 21.1. The van der Waals surface area contributed by atoms with Crippen molar-refractivity contribution in [3.8, 4) is 16.9 Å². The molecule has 0 aliphatic carbocycles. The van der Waals surface area contributed by atoms with Crippen LogP contribution >= 0.6 is 0 Å². The number of hydrogen-bond acceptors (Lipinski definition) is 4. The number of ether oxygens (including phenoxy) is 1. The molecule has 1 aliphatic heterocycles. The first-order chi connectivity index (χ1) is 15.0. The second kappa shape index (κ2) is 9.16. The van der Waals surface area contributed by atoms with Crippen LogP contribution in [0.5, 0.6) is 0 Å². The van der Waals surface area contributed by atoms with E-state index in [-0.39, 0.29) is 30.3 Å². The number of esters is 1. The van der Waals surface area contributed by atoms with Crippen molar-refractivity contribution < 1.29 is 14.3 Å². The number of hydrogen-bond donors (Lipinski definition) is 0. The van der Waals surface area contributed by atoms with Crippen LogP contribution in [0.25, 0.3) is 16.9 Å². The second-order valence-electron chi connectivity index (χ2n) is 8.03. The third-order valence-electron chi connectivity index (χ3n) is 5.80. The summed E-state index contributed by atoms with van der Waals surface area (Å²) in [5.74, 6) is -0.716. The fourth-order valence-corrected chi connectivity index (χ4v) is 4.23. The molecule has 31 heavy (non-hydrogen) atoms. The summed E-state index contributed by atoms with van der Waals surface area (Å²) in [6.07, 6.45) is 3.07. The molecule has 160 valence electrons. The highest BCUT2D eigenvalue weighted by Gasteiger charge is 2.30. The number of para-hydroxylation sites is 1. The highest BCUT2D eigenvalue weighted by molar-refractivity contribution is 5.91. The molecule has 0 bridgehead atoms. The SMILES string of the molecule is C[C@H]1CCC[C@H](C)N1C(=O)COC(=O)c1cc(-c2ccccc2)nn1-c1ccccc1. The first-order valence-electron chi connectivity index (χ1n) is 10.7. The van der Waals surface area contributed by atoms with E-state index in [1.54, 1.807) is 10.7 Å². The van der Waals surface area contributed by atoms with E-state index in [2.05, 4.69) is 5.10 Å². The number of amides is 1. The second-order valence-corrected chi connectivity index (χ2v) is 8.03. The Labute approximate surface area is 182 Å². The summed E-state index contributed by atoms with van der Waals surface area (Å²) >= 11 is 0. The van der Waals surface area contributed by atoms with Gasteiger partial charge in [0.25, 0.3) is 5.91 Å². The molecule has 4 rings (SSSR count). The summed E-state index contributed by atoms with van der Waals surface area (Å²) in [6.45, 7) is 3.83. The molecule has 3 aromatic rings. The third-order valence-corrected chi connectivity index (χ3v) is 5.80. The average Bonchev–Trinajstić information content (AvgIpc) is 3.24. The molecular weight excluding hydrogens is 390 g/mol. The summed E-state index contributed by atoms with van der Waals surface area (Å²) in [7, 11) is 0. The fourth-order valence-electron chi connectivity index (χ4n) is 4.23. The predicted molar refractivity (Wildman–Crippen MR) is 119 cm³/mol. The average molecular weight is 418 g/mol. The molecule has 2 heterocycles. The Morgan fingerprint density at radius 1 is 0.968 bits per heavy atom. The molecule has 6 nitrogen and oxygen atoms in total. The smallest absolute Gasteiger partial charge is 0.357 e. The molecule has 0 unspecified atom stereocenters. The molecule has 2 aromatic carbocycles. The van der Waals surface area contributed by atoms with Crippen molar-refractivity contribution in [2.45, 2.75) is 45.2 Å². The summed E-state index contributed by atoms with van der Waals surface area (Å²) in [4.78, 5) is 27.6. The number of carbonyl (C=O) groups is 2. The van der Waals surface area contributed by atoms with E-state index in [1.165, 1.54) is 0 Å². The van der Waals surface area contributed by atoms with Crippen LogP contribution < -0.4 is 0 Å². The van der Waals surface area contributed by atoms with Crippen LogP contribution in [0.4, 0.5) is 0 Å². The van der Waals surface area contributed by atoms with E-state index in [4.69, 9.17) is 4.74 Å². The van der Waals surface area contributed by atoms with E-state index in [1.807, 2.05) is 79.4 Å². The predicted octanol–water partition coefficient (Wildman–Crippen LogP) is 4.49. The number of nitrogens with zero attached hydrogens (tertiary/aromatic N) is 3. The summed E-state index contributed by atoms with van der Waals surface area (Å²) < 4.78 is 7.03. The molecule has 0 N–H and O–H groups in total. The van der Waals surface area contributed by atoms with Crippen molar-refractivity contribution >= 4 is 11.9 Å². The molecular formula is C25H27N3O3. The van der Waals surface area contributed by atoms with Crippen molar-refractivity contribution in [3.05, 3.63) is 72.4 Å². The lowest BCUT2D eigenvalue weighted by Gasteiger charge is -2.38. The minimum absolute atomic E-state index is 0.151. The van der Waals surface area contributed by atoms with Gasteiger partial charge in [-0.25, -0.2) is 9.48 Å². The van der Waals surface area contributed by atoms with Crippen LogP contribution in [0.3, 0.4) is 0 Å². The Morgan fingerprint density at radius 2 is 1.58 bits per heavy atom. The van der Waals surface area contributed by atoms with Crippen LogP contribution in [0, 0.1) is 0 Å². The van der Waals surface area contributed by atoms with E-state index in [0.717, 1.165) is 30.5 Å². The van der Waals surface area contributed by atoms with Gasteiger partial charge >= 0.3 is 5.97 Å². The summed E-state index contributed by atoms with van der Waals surface area (Å²) in [5.41, 5.74) is 2.61. The molecule has 0 saturated carbocycles. The van der Waals surface area contributed by atoms with Gasteiger partial charge in [-0.1, -0.05) is 48.5 Å². The summed E-state index contributed by atoms with van der Waals surface area (Å²) in [5, 5.41) is 4.63. The Balaban J connectivity index is 1.57. The van der Waals surface area contributed by atoms with Crippen molar-refractivity contribution in [3.63, 3.8) is 0 Å². The Bertz CT molecular complexity index is 1040. The zero-order valence-electron chi connectivity index (χ0n) is 17.9. The molecule has 6 heteroatoms. The Kier molecular flexibility index (Phi) is 6.16. The van der Waals surface area contributed by atoms with Crippen molar-refractivity contribution in [1.29, 1.82) is 0 Å². The standard InChI is InChI=1S/C25H27N3O3/c1-18-10-9-11-19(2)27(18)24(29)17-31-25(30)23-16-22(20-12-5-3-6-13-20)26-28(23)21-14-7-4-8-15-21/h3-8,12-16,18-19H,9-11,17H2,1-2H3/t18-,19-/m0/s1. The monoisotopic (exact) mass is 417 g/mol. The van der Waals surface area contributed by atoms with Gasteiger partial charge in [-0.05, 0) is 51.3 Å². The molecule has 1 aliphatic rings. The number of likely N-dealkylation sites (tertiary alicyclic amines) is 1. The van der Waals surface area contributed by atoms with Crippen LogP contribution in [0.15, 0.2) is 66.7 Å². The molecule has 2 atom stereocenters. The molecule has 1 fully saturated rings. The Hall–Kier alpha value is -3.41. The number of rotatable bonds is 5. The van der Waals surface area contributed by atoms with E-state index < -0.39 is 5.97 Å². The van der Waals surface area contributed by atoms with Crippen molar-refractivity contribution in [2.75, 3.05) is 6.61 Å². The zero-order valence-corrected chi connectivity index (χ0v) is 17.9. The number of carbonyl (C=O) groups excluding carboxylic acids is 2. The van der Waals surface area contributed by atoms with Gasteiger partial charge in [0.2, 0.25) is 0 Å². The normalized spacial score (nSPS) is 18.6. The maximum Gasteiger partial charge on any atom is 0.357 e. The molecule has 1 aromatic heterocycles. The highest BCUT2D eigenvalue weighted by Crippen LogP contribution is 2.24. The van der Waals surface area contributed by atoms with Gasteiger partial charge < -0.3 is 9.64 Å². The fraction of sp³-hybridized carbons (Fsp3) is 0.320. The maximum atomic E-state index is 13.0. The van der Waals surface area contributed by atoms with Crippen LogP contribution in [-0.4, -0.2) is 45.2 Å². The number of aromatic nitrogens is 2. The van der Waals surface area contributed by atoms with E-state index in [9.17, 15) is 9.59 Å². The van der Waals surface area contributed by atoms with Gasteiger partial charge in [0.1, 0.15) is 0 Å². The van der Waals surface area contributed by atoms with Crippen LogP contribution in [0.1, 0.15) is 43.6 Å². The quantitative estimate of drug-likeness (QED) is 0.574. The third kappa shape index (κ3) is 4.53. The van der Waals surface area contributed by atoms with E-state index >= 15 is 0 Å². The maximum absolute atomic E-state index is 13.0. The van der Waals surface area contributed by atoms with Gasteiger partial charge in [-0.2, -0.15) is 5.10 Å². The lowest BCUT2D eigenvalue weighted by molar-refractivity contribution is -0.140. The Morgan fingerprint density at radius 3 is 2.23 bits per heavy atom. The van der Waals surface area contributed by atoms with Gasteiger partial charge in [-0.3, -0.25) is 4.79 Å². The topological polar surface area (TPSA) is 64.4 Å². The molecule has 1 saturated heterocycles. The highest BCUT2D eigenvalue weighted by atomic mass is 16.5. The molecule has 0 radical (unpaired) electrons. The van der Waals surface area contributed by atoms with E-state index in [0.29, 0.717) is 5.69 Å². The van der Waals surface area contributed by atoms with Crippen molar-refractivity contribution in [2.24, 2.45) is 0 Å². The first kappa shape index (κ1) is 20.8. The number of piperidine rings is 1. The van der Waals surface area contributed by atoms with Gasteiger partial charge in [0, 0.05) is 17.6 Å². The van der Waals surface area contributed by atoms with Gasteiger partial charge in [0.05, 0.1) is 11.4 Å². The minimum Gasteiger partial charge on any atom is -0.451 e. The first-order valence-corrected chi connectivity index (χ1v) is 10.7. The molecule has 0 spiro atoms. The largest absolute Gasteiger partial charge is 0.451 e. The lowest BCUT2D eigenvalue weighted by atomic mass is 9.97. The van der Waals surface area contributed by atoms with Crippen LogP contribution in [0.2, 0.25) is 0 Å². The minimum atomic E-state index is -0.566. The van der Waals surface area contributed by atoms with Gasteiger partial charge in [0.15, 0.2) is 12.3 Å². The van der Waals surface area contributed by atoms with Crippen LogP contribution in [-0.2, 0) is 9.53 Å². The van der Waals surface area contributed by atoms with Crippen molar-refractivity contribution in [1.82, 2.24) is 14.7 Å². The lowest BCUT2D eigenvalue weighted by Crippen LogP contribution is -2.49. The zero-order chi connectivity index (χ0) is 21.8. The molecule has 1 amide bonds. The number of benzene rings is 2.